The van der Waals surface area contributed by atoms with Gasteiger partial charge in [0.1, 0.15) is 0 Å². The largest absolute Gasteiger partial charge is 0.304 e. The van der Waals surface area contributed by atoms with Crippen molar-refractivity contribution in [2.24, 2.45) is 5.10 Å². The van der Waals surface area contributed by atoms with Crippen molar-refractivity contribution in [1.82, 2.24) is 0 Å². The number of anilines is 1. The molecular formula is C13H14BrN3. The smallest absolute Gasteiger partial charge is 0.0698 e. The van der Waals surface area contributed by atoms with Crippen molar-refractivity contribution < 1.29 is 0 Å². The molecule has 4 heteroatoms. The molecule has 1 aromatic rings. The number of halogens is 1. The lowest BCUT2D eigenvalue weighted by Gasteiger charge is -2.25. The van der Waals surface area contributed by atoms with Gasteiger partial charge >= 0.3 is 0 Å². The summed E-state index contributed by atoms with van der Waals surface area (Å²) in [6, 6.07) is 9.82. The van der Waals surface area contributed by atoms with Crippen molar-refractivity contribution in [3.8, 4) is 0 Å². The van der Waals surface area contributed by atoms with Crippen LogP contribution in [0, 0.1) is 5.41 Å². The monoisotopic (exact) mass is 291 g/mol. The molecule has 2 N–H and O–H groups in total. The second-order valence-electron chi connectivity index (χ2n) is 4.20. The van der Waals surface area contributed by atoms with E-state index >= 15 is 0 Å². The van der Waals surface area contributed by atoms with Gasteiger partial charge in [-0.05, 0) is 31.2 Å². The van der Waals surface area contributed by atoms with Crippen LogP contribution in [-0.4, -0.2) is 15.7 Å². The molecule has 3 nitrogen and oxygen atoms in total. The Morgan fingerprint density at radius 3 is 2.65 bits per heavy atom. The van der Waals surface area contributed by atoms with E-state index in [1.165, 1.54) is 0 Å². The molecule has 1 atom stereocenters. The molecule has 0 aliphatic heterocycles. The minimum Gasteiger partial charge on any atom is -0.304 e. The fourth-order valence-electron chi connectivity index (χ4n) is 1.57. The third-order valence-corrected chi connectivity index (χ3v) is 3.33. The lowest BCUT2D eigenvalue weighted by molar-refractivity contribution is 0.886. The first-order valence-corrected chi connectivity index (χ1v) is 6.21. The molecule has 1 aliphatic carbocycles. The average molecular weight is 292 g/mol. The number of hydrogen-bond donors (Lipinski definition) is 2. The van der Waals surface area contributed by atoms with Gasteiger partial charge in [-0.3, -0.25) is 5.43 Å². The number of rotatable bonds is 2. The van der Waals surface area contributed by atoms with Gasteiger partial charge < -0.3 is 5.41 Å². The normalized spacial score (nSPS) is 26.2. The molecule has 0 saturated heterocycles. The van der Waals surface area contributed by atoms with Crippen molar-refractivity contribution in [1.29, 1.82) is 5.41 Å². The summed E-state index contributed by atoms with van der Waals surface area (Å²) in [6.45, 7) is 1.98. The number of para-hydroxylation sites is 1. The van der Waals surface area contributed by atoms with Crippen LogP contribution in [0.25, 0.3) is 0 Å². The zero-order chi connectivity index (χ0) is 12.3. The highest BCUT2D eigenvalue weighted by atomic mass is 79.9. The van der Waals surface area contributed by atoms with Crippen LogP contribution >= 0.6 is 15.9 Å². The van der Waals surface area contributed by atoms with Crippen molar-refractivity contribution in [3.05, 3.63) is 42.5 Å². The maximum Gasteiger partial charge on any atom is 0.0698 e. The molecule has 0 fully saturated rings. The third kappa shape index (κ3) is 3.03. The molecule has 0 amide bonds. The van der Waals surface area contributed by atoms with Crippen LogP contribution in [0.15, 0.2) is 47.6 Å². The lowest BCUT2D eigenvalue weighted by atomic mass is 9.93. The SMILES string of the molecule is CC1(Br)CC(=NNc2ccccc2)C=CC1=N. The van der Waals surface area contributed by atoms with Gasteiger partial charge in [0, 0.05) is 12.1 Å². The number of hydrazone groups is 1. The van der Waals surface area contributed by atoms with Gasteiger partial charge in [0.25, 0.3) is 0 Å². The van der Waals surface area contributed by atoms with E-state index in [2.05, 4.69) is 26.5 Å². The van der Waals surface area contributed by atoms with Crippen LogP contribution in [0.3, 0.4) is 0 Å². The van der Waals surface area contributed by atoms with Crippen molar-refractivity contribution in [3.63, 3.8) is 0 Å². The van der Waals surface area contributed by atoms with E-state index in [4.69, 9.17) is 5.41 Å². The van der Waals surface area contributed by atoms with Crippen LogP contribution in [0.1, 0.15) is 13.3 Å². The van der Waals surface area contributed by atoms with E-state index < -0.39 is 0 Å². The van der Waals surface area contributed by atoms with Crippen molar-refractivity contribution in [2.45, 2.75) is 17.7 Å². The summed E-state index contributed by atoms with van der Waals surface area (Å²) >= 11 is 3.54. The minimum absolute atomic E-state index is 0.307. The molecule has 17 heavy (non-hydrogen) atoms. The quantitative estimate of drug-likeness (QED) is 0.635. The minimum atomic E-state index is -0.307. The fraction of sp³-hybridized carbons (Fsp3) is 0.231. The molecule has 88 valence electrons. The van der Waals surface area contributed by atoms with Gasteiger partial charge in [0.15, 0.2) is 0 Å². The first-order chi connectivity index (χ1) is 8.08. The highest BCUT2D eigenvalue weighted by Gasteiger charge is 2.29. The van der Waals surface area contributed by atoms with Crippen molar-refractivity contribution in [2.75, 3.05) is 5.43 Å². The Morgan fingerprint density at radius 1 is 1.29 bits per heavy atom. The highest BCUT2D eigenvalue weighted by molar-refractivity contribution is 9.10. The number of allylic oxidation sites excluding steroid dienone is 2. The van der Waals surface area contributed by atoms with Gasteiger partial charge in [-0.15, -0.1) is 0 Å². The Hall–Kier alpha value is -1.42. The Bertz CT molecular complexity index is 475. The second kappa shape index (κ2) is 4.84. The maximum absolute atomic E-state index is 7.77. The van der Waals surface area contributed by atoms with E-state index in [0.717, 1.165) is 11.4 Å². The summed E-state index contributed by atoms with van der Waals surface area (Å²) in [6.07, 6.45) is 4.37. The molecule has 1 aliphatic rings. The number of alkyl halides is 1. The standard InChI is InChI=1S/C13H14BrN3/c1-13(14)9-11(7-8-12(13)15)17-16-10-5-3-2-4-6-10/h2-8,15-16H,9H2,1H3. The molecule has 0 spiro atoms. The van der Waals surface area contributed by atoms with Gasteiger partial charge in [0.2, 0.25) is 0 Å². The van der Waals surface area contributed by atoms with E-state index in [-0.39, 0.29) is 4.32 Å². The highest BCUT2D eigenvalue weighted by Crippen LogP contribution is 2.28. The van der Waals surface area contributed by atoms with Crippen molar-refractivity contribution >= 4 is 33.0 Å². The zero-order valence-electron chi connectivity index (χ0n) is 9.57. The van der Waals surface area contributed by atoms with Crippen LogP contribution in [0.2, 0.25) is 0 Å². The van der Waals surface area contributed by atoms with Crippen LogP contribution in [0.5, 0.6) is 0 Å². The molecule has 0 aromatic heterocycles. The zero-order valence-corrected chi connectivity index (χ0v) is 11.2. The molecule has 0 saturated carbocycles. The summed E-state index contributed by atoms with van der Waals surface area (Å²) in [4.78, 5) is 0. The van der Waals surface area contributed by atoms with Crippen LogP contribution in [-0.2, 0) is 0 Å². The Kier molecular flexibility index (Phi) is 3.43. The first kappa shape index (κ1) is 12.0. The van der Waals surface area contributed by atoms with Gasteiger partial charge in [-0.2, -0.15) is 5.10 Å². The summed E-state index contributed by atoms with van der Waals surface area (Å²) in [7, 11) is 0. The van der Waals surface area contributed by atoms with E-state index in [1.54, 1.807) is 6.08 Å². The number of nitrogens with zero attached hydrogens (tertiary/aromatic N) is 1. The van der Waals surface area contributed by atoms with E-state index in [0.29, 0.717) is 12.1 Å². The third-order valence-electron chi connectivity index (χ3n) is 2.62. The van der Waals surface area contributed by atoms with E-state index in [9.17, 15) is 0 Å². The number of benzene rings is 1. The Morgan fingerprint density at radius 2 is 2.00 bits per heavy atom. The Balaban J connectivity index is 2.09. The van der Waals surface area contributed by atoms with Gasteiger partial charge in [0.05, 0.1) is 15.7 Å². The molecule has 2 rings (SSSR count). The first-order valence-electron chi connectivity index (χ1n) is 5.41. The predicted octanol–water partition coefficient (Wildman–Crippen LogP) is 3.59. The average Bonchev–Trinajstić information content (AvgIpc) is 2.32. The predicted molar refractivity (Wildman–Crippen MR) is 76.3 cm³/mol. The van der Waals surface area contributed by atoms with Gasteiger partial charge in [-0.1, -0.05) is 34.1 Å². The fourth-order valence-corrected chi connectivity index (χ4v) is 1.99. The molecule has 0 heterocycles. The Labute approximate surface area is 109 Å². The number of hydrogen-bond acceptors (Lipinski definition) is 3. The summed E-state index contributed by atoms with van der Waals surface area (Å²) in [5.41, 5.74) is 5.49. The lowest BCUT2D eigenvalue weighted by Crippen LogP contribution is -2.32. The van der Waals surface area contributed by atoms with Crippen LogP contribution in [0.4, 0.5) is 5.69 Å². The molecule has 1 aromatic carbocycles. The topological polar surface area (TPSA) is 48.2 Å². The second-order valence-corrected chi connectivity index (χ2v) is 5.95. The molecular weight excluding hydrogens is 278 g/mol. The molecule has 0 bridgehead atoms. The van der Waals surface area contributed by atoms with E-state index in [1.807, 2.05) is 43.3 Å². The molecule has 1 unspecified atom stereocenters. The number of nitrogens with one attached hydrogen (secondary N) is 2. The summed E-state index contributed by atoms with van der Waals surface area (Å²) in [5.74, 6) is 0. The molecule has 0 radical (unpaired) electrons. The van der Waals surface area contributed by atoms with Gasteiger partial charge in [-0.25, -0.2) is 0 Å². The summed E-state index contributed by atoms with van der Waals surface area (Å²) < 4.78 is -0.307. The summed E-state index contributed by atoms with van der Waals surface area (Å²) in [5, 5.41) is 12.1. The maximum atomic E-state index is 7.77. The van der Waals surface area contributed by atoms with Crippen LogP contribution < -0.4 is 5.43 Å².